The van der Waals surface area contributed by atoms with Gasteiger partial charge in [-0.25, -0.2) is 0 Å². The van der Waals surface area contributed by atoms with Crippen LogP contribution < -0.4 is 4.74 Å². The van der Waals surface area contributed by atoms with Crippen molar-refractivity contribution in [3.05, 3.63) is 75.9 Å². The van der Waals surface area contributed by atoms with Crippen LogP contribution in [0.5, 0.6) is 5.75 Å². The number of nitriles is 1. The molecule has 0 spiro atoms. The third-order valence-corrected chi connectivity index (χ3v) is 5.02. The van der Waals surface area contributed by atoms with E-state index < -0.39 is 6.10 Å². The first kappa shape index (κ1) is 19.2. The predicted molar refractivity (Wildman–Crippen MR) is 105 cm³/mol. The van der Waals surface area contributed by atoms with Crippen molar-refractivity contribution in [2.45, 2.75) is 26.1 Å². The number of aliphatic hydroxyl groups is 1. The maximum atomic E-state index is 10.4. The molecule has 0 aliphatic carbocycles. The van der Waals surface area contributed by atoms with Crippen LogP contribution in [-0.2, 0) is 13.1 Å². The Bertz CT molecular complexity index is 866. The van der Waals surface area contributed by atoms with Gasteiger partial charge in [0.1, 0.15) is 24.2 Å². The van der Waals surface area contributed by atoms with Crippen LogP contribution in [0.1, 0.15) is 21.1 Å². The minimum Gasteiger partial charge on any atom is -0.491 e. The molecule has 2 aromatic heterocycles. The van der Waals surface area contributed by atoms with Crippen molar-refractivity contribution in [1.82, 2.24) is 4.90 Å². The van der Waals surface area contributed by atoms with Crippen LogP contribution in [-0.4, -0.2) is 29.3 Å². The first-order valence-electron chi connectivity index (χ1n) is 8.73. The molecule has 1 aromatic carbocycles. The van der Waals surface area contributed by atoms with Crippen LogP contribution in [0.4, 0.5) is 0 Å². The molecule has 6 heteroatoms. The Hall–Kier alpha value is -2.59. The van der Waals surface area contributed by atoms with E-state index >= 15 is 0 Å². The highest BCUT2D eigenvalue weighted by molar-refractivity contribution is 7.11. The summed E-state index contributed by atoms with van der Waals surface area (Å²) in [7, 11) is 0. The molecular weight excluding hydrogens is 360 g/mol. The number of thiophene rings is 1. The average Bonchev–Trinajstić information content (AvgIpc) is 3.32. The highest BCUT2D eigenvalue weighted by Crippen LogP contribution is 2.19. The summed E-state index contributed by atoms with van der Waals surface area (Å²) in [6, 6.07) is 17.0. The van der Waals surface area contributed by atoms with Crippen molar-refractivity contribution < 1.29 is 14.3 Å². The monoisotopic (exact) mass is 382 g/mol. The quantitative estimate of drug-likeness (QED) is 0.606. The van der Waals surface area contributed by atoms with Crippen LogP contribution in [0.2, 0.25) is 0 Å². The molecule has 1 unspecified atom stereocenters. The molecule has 2 heterocycles. The van der Waals surface area contributed by atoms with E-state index in [1.165, 1.54) is 9.75 Å². The molecule has 3 aromatic rings. The fourth-order valence-corrected chi connectivity index (χ4v) is 3.70. The lowest BCUT2D eigenvalue weighted by atomic mass is 10.2. The van der Waals surface area contributed by atoms with Gasteiger partial charge in [-0.1, -0.05) is 0 Å². The fourth-order valence-electron chi connectivity index (χ4n) is 2.77. The topological polar surface area (TPSA) is 69.6 Å². The van der Waals surface area contributed by atoms with Gasteiger partial charge >= 0.3 is 0 Å². The van der Waals surface area contributed by atoms with Crippen LogP contribution in [0.3, 0.4) is 0 Å². The second kappa shape index (κ2) is 9.38. The Balaban J connectivity index is 1.57. The number of benzene rings is 1. The summed E-state index contributed by atoms with van der Waals surface area (Å²) in [6.07, 6.45) is 1.02. The van der Waals surface area contributed by atoms with Crippen LogP contribution in [0.25, 0.3) is 0 Å². The molecule has 0 amide bonds. The van der Waals surface area contributed by atoms with Crippen molar-refractivity contribution >= 4 is 11.3 Å². The number of rotatable bonds is 9. The minimum absolute atomic E-state index is 0.185. The molecule has 0 bridgehead atoms. The van der Waals surface area contributed by atoms with Crippen LogP contribution in [0, 0.1) is 18.3 Å². The van der Waals surface area contributed by atoms with Gasteiger partial charge in [0, 0.05) is 22.8 Å². The van der Waals surface area contributed by atoms with Gasteiger partial charge < -0.3 is 14.3 Å². The first-order chi connectivity index (χ1) is 13.1. The van der Waals surface area contributed by atoms with Gasteiger partial charge in [-0.3, -0.25) is 4.90 Å². The van der Waals surface area contributed by atoms with Crippen LogP contribution >= 0.6 is 11.3 Å². The summed E-state index contributed by atoms with van der Waals surface area (Å²) < 4.78 is 11.1. The highest BCUT2D eigenvalue weighted by atomic mass is 32.1. The van der Waals surface area contributed by atoms with Gasteiger partial charge in [-0.15, -0.1) is 11.3 Å². The average molecular weight is 382 g/mol. The summed E-state index contributed by atoms with van der Waals surface area (Å²) in [4.78, 5) is 4.67. The molecule has 0 aliphatic heterocycles. The zero-order valence-corrected chi connectivity index (χ0v) is 16.0. The van der Waals surface area contributed by atoms with E-state index in [1.807, 2.05) is 12.1 Å². The van der Waals surface area contributed by atoms with Gasteiger partial charge in [0.2, 0.25) is 0 Å². The molecule has 5 nitrogen and oxygen atoms in total. The molecule has 27 heavy (non-hydrogen) atoms. The SMILES string of the molecule is Cc1ccc(CN(Cc2ccco2)CC(O)COc2ccc(C#N)cc2)s1. The lowest BCUT2D eigenvalue weighted by Gasteiger charge is -2.24. The van der Waals surface area contributed by atoms with E-state index in [4.69, 9.17) is 14.4 Å². The third kappa shape index (κ3) is 5.97. The molecule has 1 atom stereocenters. The maximum absolute atomic E-state index is 10.4. The fraction of sp³-hybridized carbons (Fsp3) is 0.286. The van der Waals surface area contributed by atoms with E-state index in [0.717, 1.165) is 12.3 Å². The summed E-state index contributed by atoms with van der Waals surface area (Å²) in [5.74, 6) is 1.50. The van der Waals surface area contributed by atoms with Gasteiger partial charge in [0.15, 0.2) is 0 Å². The van der Waals surface area contributed by atoms with Crippen LogP contribution in [0.15, 0.2) is 59.2 Å². The first-order valence-corrected chi connectivity index (χ1v) is 9.55. The summed E-state index contributed by atoms with van der Waals surface area (Å²) in [6.45, 7) is 4.11. The molecule has 0 saturated heterocycles. The van der Waals surface area contributed by atoms with Gasteiger partial charge in [-0.2, -0.15) is 5.26 Å². The zero-order chi connectivity index (χ0) is 19.1. The maximum Gasteiger partial charge on any atom is 0.119 e. The zero-order valence-electron chi connectivity index (χ0n) is 15.2. The van der Waals surface area contributed by atoms with Crippen molar-refractivity contribution in [2.75, 3.05) is 13.2 Å². The van der Waals surface area contributed by atoms with Crippen molar-refractivity contribution in [3.8, 4) is 11.8 Å². The number of aliphatic hydroxyl groups excluding tert-OH is 1. The number of furan rings is 1. The number of ether oxygens (including phenoxy) is 1. The van der Waals surface area contributed by atoms with Gasteiger partial charge in [0.05, 0.1) is 24.4 Å². The molecule has 0 saturated carbocycles. The number of hydrogen-bond acceptors (Lipinski definition) is 6. The second-order valence-corrected chi connectivity index (χ2v) is 7.73. The second-order valence-electron chi connectivity index (χ2n) is 6.36. The molecular formula is C21H22N2O3S. The Labute approximate surface area is 163 Å². The number of hydrogen-bond donors (Lipinski definition) is 1. The standard InChI is InChI=1S/C21H22N2O3S/c1-16-4-9-21(27-16)14-23(13-20-3-2-10-25-20)12-18(24)15-26-19-7-5-17(11-22)6-8-19/h2-10,18,24H,12-15H2,1H3. The van der Waals surface area contributed by atoms with E-state index in [0.29, 0.717) is 24.4 Å². The third-order valence-electron chi connectivity index (χ3n) is 4.03. The number of aryl methyl sites for hydroxylation is 1. The summed E-state index contributed by atoms with van der Waals surface area (Å²) >= 11 is 1.76. The largest absolute Gasteiger partial charge is 0.491 e. The Kier molecular flexibility index (Phi) is 6.66. The highest BCUT2D eigenvalue weighted by Gasteiger charge is 2.16. The van der Waals surface area contributed by atoms with E-state index in [2.05, 4.69) is 30.0 Å². The molecule has 0 fully saturated rings. The van der Waals surface area contributed by atoms with Gasteiger partial charge in [-0.05, 0) is 55.5 Å². The normalized spacial score (nSPS) is 12.1. The van der Waals surface area contributed by atoms with Crippen molar-refractivity contribution in [2.24, 2.45) is 0 Å². The molecule has 140 valence electrons. The minimum atomic E-state index is -0.642. The van der Waals surface area contributed by atoms with Gasteiger partial charge in [0.25, 0.3) is 0 Å². The number of nitrogens with zero attached hydrogens (tertiary/aromatic N) is 2. The Morgan fingerprint density at radius 3 is 2.63 bits per heavy atom. The Morgan fingerprint density at radius 2 is 2.00 bits per heavy atom. The van der Waals surface area contributed by atoms with E-state index in [-0.39, 0.29) is 6.61 Å². The summed E-state index contributed by atoms with van der Waals surface area (Å²) in [5.41, 5.74) is 0.582. The molecule has 3 rings (SSSR count). The summed E-state index contributed by atoms with van der Waals surface area (Å²) in [5, 5.41) is 19.3. The van der Waals surface area contributed by atoms with Crippen molar-refractivity contribution in [1.29, 1.82) is 5.26 Å². The molecule has 0 aliphatic rings. The predicted octanol–water partition coefficient (Wildman–Crippen LogP) is 3.96. The van der Waals surface area contributed by atoms with E-state index in [9.17, 15) is 5.11 Å². The lowest BCUT2D eigenvalue weighted by Crippen LogP contribution is -2.34. The lowest BCUT2D eigenvalue weighted by molar-refractivity contribution is 0.0608. The Morgan fingerprint density at radius 1 is 1.19 bits per heavy atom. The molecule has 0 radical (unpaired) electrons. The van der Waals surface area contributed by atoms with E-state index in [1.54, 1.807) is 41.9 Å². The smallest absolute Gasteiger partial charge is 0.119 e. The van der Waals surface area contributed by atoms with Crippen molar-refractivity contribution in [3.63, 3.8) is 0 Å². The molecule has 1 N–H and O–H groups in total.